The summed E-state index contributed by atoms with van der Waals surface area (Å²) in [6.45, 7) is -0.284. The molecule has 0 unspecified atom stereocenters. The average Bonchev–Trinajstić information content (AvgIpc) is 2.62. The first kappa shape index (κ1) is 22.5. The Morgan fingerprint density at radius 2 is 1.52 bits per heavy atom. The quantitative estimate of drug-likeness (QED) is 0.701. The number of carbonyl (C=O) groups is 2. The van der Waals surface area contributed by atoms with Crippen LogP contribution in [0, 0.1) is 0 Å². The van der Waals surface area contributed by atoms with E-state index in [1.165, 1.54) is 25.1 Å². The van der Waals surface area contributed by atoms with Gasteiger partial charge in [0.15, 0.2) is 0 Å². The molecule has 0 aliphatic rings. The lowest BCUT2D eigenvalue weighted by Gasteiger charge is -2.17. The van der Waals surface area contributed by atoms with Gasteiger partial charge in [0.05, 0.1) is 30.8 Å². The van der Waals surface area contributed by atoms with Crippen LogP contribution in [0.4, 0.5) is 24.5 Å². The Labute approximate surface area is 170 Å². The summed E-state index contributed by atoms with van der Waals surface area (Å²) >= 11 is 5.55. The number of anilines is 2. The number of nitrogens with zero attached hydrogens (tertiary/aromatic N) is 1. The van der Waals surface area contributed by atoms with Gasteiger partial charge < -0.3 is 15.4 Å². The molecule has 2 aromatic rings. The van der Waals surface area contributed by atoms with Crippen molar-refractivity contribution in [2.45, 2.75) is 6.18 Å². The summed E-state index contributed by atoms with van der Waals surface area (Å²) in [6, 6.07) is 9.81. The second-order valence-corrected chi connectivity index (χ2v) is 6.60. The molecule has 10 heteroatoms. The van der Waals surface area contributed by atoms with Crippen molar-refractivity contribution in [3.63, 3.8) is 0 Å². The third-order valence-corrected chi connectivity index (χ3v) is 4.09. The van der Waals surface area contributed by atoms with Crippen LogP contribution in [0.15, 0.2) is 42.5 Å². The van der Waals surface area contributed by atoms with Gasteiger partial charge in [-0.05, 0) is 49.5 Å². The van der Waals surface area contributed by atoms with Gasteiger partial charge in [0.1, 0.15) is 5.75 Å². The van der Waals surface area contributed by atoms with E-state index in [-0.39, 0.29) is 24.7 Å². The third kappa shape index (κ3) is 6.95. The van der Waals surface area contributed by atoms with E-state index in [1.54, 1.807) is 24.3 Å². The maximum atomic E-state index is 12.9. The van der Waals surface area contributed by atoms with E-state index >= 15 is 0 Å². The molecule has 2 N–H and O–H groups in total. The van der Waals surface area contributed by atoms with Gasteiger partial charge in [-0.3, -0.25) is 14.5 Å². The van der Waals surface area contributed by atoms with Crippen molar-refractivity contribution in [3.05, 3.63) is 53.1 Å². The number of benzene rings is 2. The molecule has 0 fully saturated rings. The smallest absolute Gasteiger partial charge is 0.417 e. The number of nitrogens with one attached hydrogen (secondary N) is 2. The lowest BCUT2D eigenvalue weighted by atomic mass is 10.2. The maximum Gasteiger partial charge on any atom is 0.417 e. The van der Waals surface area contributed by atoms with E-state index in [0.717, 1.165) is 12.1 Å². The number of halogens is 4. The van der Waals surface area contributed by atoms with Crippen LogP contribution in [0.25, 0.3) is 0 Å². The van der Waals surface area contributed by atoms with Crippen molar-refractivity contribution in [2.24, 2.45) is 0 Å². The Kier molecular flexibility index (Phi) is 7.46. The molecule has 29 heavy (non-hydrogen) atoms. The molecular weight excluding hydrogens is 411 g/mol. The molecule has 0 aliphatic carbocycles. The molecule has 0 bridgehead atoms. The number of rotatable bonds is 7. The van der Waals surface area contributed by atoms with Gasteiger partial charge in [-0.15, -0.1) is 0 Å². The number of hydrogen-bond donors (Lipinski definition) is 2. The fraction of sp³-hybridized carbons (Fsp3) is 0.263. The minimum atomic E-state index is -4.63. The van der Waals surface area contributed by atoms with Crippen molar-refractivity contribution < 1.29 is 27.5 Å². The van der Waals surface area contributed by atoms with Crippen LogP contribution in [-0.2, 0) is 15.8 Å². The molecule has 156 valence electrons. The van der Waals surface area contributed by atoms with E-state index in [1.807, 2.05) is 0 Å². The number of hydrogen-bond acceptors (Lipinski definition) is 4. The fourth-order valence-electron chi connectivity index (χ4n) is 2.44. The minimum absolute atomic E-state index is 0.0391. The highest BCUT2D eigenvalue weighted by atomic mass is 35.5. The van der Waals surface area contributed by atoms with E-state index in [0.29, 0.717) is 11.4 Å². The Morgan fingerprint density at radius 3 is 2.03 bits per heavy atom. The maximum absolute atomic E-state index is 12.9. The molecule has 2 amide bonds. The molecule has 0 heterocycles. The highest BCUT2D eigenvalue weighted by Gasteiger charge is 2.33. The van der Waals surface area contributed by atoms with Crippen molar-refractivity contribution >= 4 is 34.8 Å². The van der Waals surface area contributed by atoms with Crippen molar-refractivity contribution in [1.29, 1.82) is 0 Å². The molecule has 0 atom stereocenters. The molecule has 0 aliphatic heterocycles. The summed E-state index contributed by atoms with van der Waals surface area (Å²) in [7, 11) is 3.07. The van der Waals surface area contributed by atoms with Gasteiger partial charge in [0.2, 0.25) is 11.8 Å². The standard InChI is InChI=1S/C19H19ClF3N3O3/c1-26(10-17(27)24-12-3-6-14(29-2)7-4-12)11-18(28)25-13-5-8-16(20)15(9-13)19(21,22)23/h3-9H,10-11H2,1-2H3,(H,24,27)(H,25,28). The number of ether oxygens (including phenoxy) is 1. The second-order valence-electron chi connectivity index (χ2n) is 6.19. The van der Waals surface area contributed by atoms with E-state index in [4.69, 9.17) is 16.3 Å². The molecule has 0 spiro atoms. The molecule has 0 radical (unpaired) electrons. The largest absolute Gasteiger partial charge is 0.497 e. The molecular formula is C19H19ClF3N3O3. The van der Waals surface area contributed by atoms with Crippen LogP contribution in [-0.4, -0.2) is 44.0 Å². The summed E-state index contributed by atoms with van der Waals surface area (Å²) in [4.78, 5) is 25.5. The average molecular weight is 430 g/mol. The Morgan fingerprint density at radius 1 is 1.00 bits per heavy atom. The molecule has 0 saturated carbocycles. The van der Waals surface area contributed by atoms with Crippen molar-refractivity contribution in [2.75, 3.05) is 37.9 Å². The van der Waals surface area contributed by atoms with E-state index in [2.05, 4.69) is 10.6 Å². The Balaban J connectivity index is 1.87. The van der Waals surface area contributed by atoms with Crippen LogP contribution >= 0.6 is 11.6 Å². The first-order valence-corrected chi connectivity index (χ1v) is 8.75. The fourth-order valence-corrected chi connectivity index (χ4v) is 2.67. The van der Waals surface area contributed by atoms with Gasteiger partial charge in [0.25, 0.3) is 0 Å². The van der Waals surface area contributed by atoms with E-state index in [9.17, 15) is 22.8 Å². The molecule has 2 rings (SSSR count). The number of alkyl halides is 3. The van der Waals surface area contributed by atoms with E-state index < -0.39 is 22.7 Å². The normalized spacial score (nSPS) is 11.3. The van der Waals surface area contributed by atoms with Crippen LogP contribution in [0.1, 0.15) is 5.56 Å². The lowest BCUT2D eigenvalue weighted by Crippen LogP contribution is -2.36. The van der Waals surface area contributed by atoms with Gasteiger partial charge in [-0.2, -0.15) is 13.2 Å². The Hall–Kier alpha value is -2.78. The monoisotopic (exact) mass is 429 g/mol. The van der Waals surface area contributed by atoms with Gasteiger partial charge in [-0.25, -0.2) is 0 Å². The van der Waals surface area contributed by atoms with Crippen molar-refractivity contribution in [3.8, 4) is 5.75 Å². The first-order chi connectivity index (χ1) is 13.6. The summed E-state index contributed by atoms with van der Waals surface area (Å²) in [5, 5.41) is 4.58. The lowest BCUT2D eigenvalue weighted by molar-refractivity contribution is -0.137. The van der Waals surface area contributed by atoms with Crippen molar-refractivity contribution in [1.82, 2.24) is 4.90 Å². The number of methoxy groups -OCH3 is 1. The van der Waals surface area contributed by atoms with Crippen LogP contribution in [0.2, 0.25) is 5.02 Å². The summed E-state index contributed by atoms with van der Waals surface area (Å²) in [6.07, 6.45) is -4.63. The van der Waals surface area contributed by atoms with Gasteiger partial charge >= 0.3 is 6.18 Å². The zero-order chi connectivity index (χ0) is 21.6. The highest BCUT2D eigenvalue weighted by Crippen LogP contribution is 2.36. The highest BCUT2D eigenvalue weighted by molar-refractivity contribution is 6.31. The van der Waals surface area contributed by atoms with Crippen LogP contribution < -0.4 is 15.4 Å². The minimum Gasteiger partial charge on any atom is -0.497 e. The summed E-state index contributed by atoms with van der Waals surface area (Å²) < 4.78 is 43.7. The SMILES string of the molecule is COc1ccc(NC(=O)CN(C)CC(=O)Nc2ccc(Cl)c(C(F)(F)F)c2)cc1. The first-order valence-electron chi connectivity index (χ1n) is 8.37. The molecule has 6 nitrogen and oxygen atoms in total. The molecule has 0 aromatic heterocycles. The number of amides is 2. The second kappa shape index (κ2) is 9.62. The predicted octanol–water partition coefficient (Wildman–Crippen LogP) is 3.88. The summed E-state index contributed by atoms with van der Waals surface area (Å²) in [5.74, 6) is -0.274. The van der Waals surface area contributed by atoms with Gasteiger partial charge in [-0.1, -0.05) is 11.6 Å². The predicted molar refractivity (Wildman–Crippen MR) is 104 cm³/mol. The zero-order valence-corrected chi connectivity index (χ0v) is 16.4. The topological polar surface area (TPSA) is 70.7 Å². The Bertz CT molecular complexity index is 873. The summed E-state index contributed by atoms with van der Waals surface area (Å²) in [5.41, 5.74) is -0.513. The van der Waals surface area contributed by atoms with Crippen LogP contribution in [0.5, 0.6) is 5.75 Å². The molecule has 2 aromatic carbocycles. The number of likely N-dealkylation sites (N-methyl/N-ethyl adjacent to an activating group) is 1. The van der Waals surface area contributed by atoms with Crippen LogP contribution in [0.3, 0.4) is 0 Å². The van der Waals surface area contributed by atoms with Gasteiger partial charge in [0, 0.05) is 11.4 Å². The third-order valence-electron chi connectivity index (χ3n) is 3.76. The molecule has 0 saturated heterocycles. The number of carbonyl (C=O) groups excluding carboxylic acids is 2. The zero-order valence-electron chi connectivity index (χ0n) is 15.6.